The minimum atomic E-state index is -0.00406. The molecule has 1 saturated heterocycles. The lowest BCUT2D eigenvalue weighted by molar-refractivity contribution is -0.222. The van der Waals surface area contributed by atoms with Gasteiger partial charge in [0.05, 0.1) is 5.56 Å². The van der Waals surface area contributed by atoms with Gasteiger partial charge in [-0.1, -0.05) is 27.2 Å². The summed E-state index contributed by atoms with van der Waals surface area (Å²) >= 11 is 0. The smallest absolute Gasteiger partial charge is 0.129 e. The molecule has 2 heterocycles. The standard InChI is InChI=1S/C32H45N3O/c1-28(2)25-12-14-31(5)26(29(25,3)17-18-35(28)27-11-8-22(19-33)20-34-27)10-9-23-24-7-6-13-32(24,21-36)16-15-30(23,31)4/h8,11,20-21,23-26H,6-7,9-10,12-18H2,1-5H3/t23?,24?,25?,26?,29?,30-,31?,32?/m1/s1. The highest BCUT2D eigenvalue weighted by molar-refractivity contribution is 5.61. The van der Waals surface area contributed by atoms with E-state index in [9.17, 15) is 10.1 Å². The number of nitriles is 1. The van der Waals surface area contributed by atoms with Gasteiger partial charge in [0.25, 0.3) is 0 Å². The quantitative estimate of drug-likeness (QED) is 0.415. The summed E-state index contributed by atoms with van der Waals surface area (Å²) in [5.74, 6) is 3.72. The molecule has 6 rings (SSSR count). The molecule has 0 amide bonds. The molecule has 194 valence electrons. The van der Waals surface area contributed by atoms with Crippen LogP contribution in [0.2, 0.25) is 0 Å². The molecule has 1 aromatic heterocycles. The number of rotatable bonds is 2. The molecular formula is C32H45N3O. The average molecular weight is 488 g/mol. The highest BCUT2D eigenvalue weighted by Gasteiger charge is 2.69. The van der Waals surface area contributed by atoms with Gasteiger partial charge in [-0.05, 0) is 124 Å². The topological polar surface area (TPSA) is 57.0 Å². The molecule has 1 aromatic rings. The van der Waals surface area contributed by atoms with Crippen LogP contribution in [0.5, 0.6) is 0 Å². The number of hydrogen-bond donors (Lipinski definition) is 0. The maximum absolute atomic E-state index is 12.4. The number of piperidine rings is 1. The lowest BCUT2D eigenvalue weighted by atomic mass is 9.33. The van der Waals surface area contributed by atoms with Gasteiger partial charge >= 0.3 is 0 Å². The van der Waals surface area contributed by atoms with Gasteiger partial charge in [-0.3, -0.25) is 0 Å². The van der Waals surface area contributed by atoms with E-state index >= 15 is 0 Å². The Hall–Kier alpha value is -1.89. The Morgan fingerprint density at radius 3 is 2.42 bits per heavy atom. The minimum Gasteiger partial charge on any atom is -0.351 e. The number of anilines is 1. The van der Waals surface area contributed by atoms with Gasteiger partial charge in [0.15, 0.2) is 0 Å². The maximum atomic E-state index is 12.4. The first-order chi connectivity index (χ1) is 17.1. The van der Waals surface area contributed by atoms with Crippen molar-refractivity contribution in [3.05, 3.63) is 23.9 Å². The summed E-state index contributed by atoms with van der Waals surface area (Å²) < 4.78 is 0. The molecule has 5 aliphatic rings. The molecule has 4 aliphatic carbocycles. The zero-order valence-corrected chi connectivity index (χ0v) is 23.1. The minimum absolute atomic E-state index is 0.00406. The third-order valence-electron chi connectivity index (χ3n) is 13.5. The second-order valence-electron chi connectivity index (χ2n) is 14.6. The fraction of sp³-hybridized carbons (Fsp3) is 0.781. The Kier molecular flexibility index (Phi) is 5.30. The molecule has 0 N–H and O–H groups in total. The molecule has 36 heavy (non-hydrogen) atoms. The van der Waals surface area contributed by atoms with Crippen molar-refractivity contribution in [1.82, 2.24) is 4.98 Å². The first-order valence-corrected chi connectivity index (χ1v) is 14.7. The van der Waals surface area contributed by atoms with E-state index in [-0.39, 0.29) is 11.0 Å². The Morgan fingerprint density at radius 1 is 0.917 bits per heavy atom. The normalized spacial score (nSPS) is 47.1. The summed E-state index contributed by atoms with van der Waals surface area (Å²) in [5, 5.41) is 9.22. The molecule has 0 bridgehead atoms. The van der Waals surface area contributed by atoms with Crippen LogP contribution in [-0.4, -0.2) is 23.4 Å². The van der Waals surface area contributed by atoms with Crippen LogP contribution in [0.4, 0.5) is 5.82 Å². The molecule has 4 saturated carbocycles. The van der Waals surface area contributed by atoms with Crippen LogP contribution in [0.25, 0.3) is 0 Å². The molecular weight excluding hydrogens is 442 g/mol. The molecule has 0 spiro atoms. The molecule has 4 nitrogen and oxygen atoms in total. The average Bonchev–Trinajstić information content (AvgIpc) is 3.29. The molecule has 0 aromatic carbocycles. The van der Waals surface area contributed by atoms with E-state index in [1.165, 1.54) is 57.7 Å². The zero-order valence-electron chi connectivity index (χ0n) is 23.1. The first kappa shape index (κ1) is 24.4. The number of nitrogens with zero attached hydrogens (tertiary/aromatic N) is 3. The van der Waals surface area contributed by atoms with E-state index in [4.69, 9.17) is 4.98 Å². The SMILES string of the molecule is CC12CCN(c3ccc(C#N)cn3)C(C)(C)C1CCC1(C)C2CCC2C3CCCC3(C=O)CC[C@]21C. The molecule has 5 fully saturated rings. The number of carbonyl (C=O) groups excluding carboxylic acids is 1. The molecule has 4 heteroatoms. The van der Waals surface area contributed by atoms with Crippen LogP contribution < -0.4 is 4.90 Å². The van der Waals surface area contributed by atoms with E-state index in [2.05, 4.69) is 45.6 Å². The van der Waals surface area contributed by atoms with E-state index < -0.39 is 0 Å². The van der Waals surface area contributed by atoms with E-state index in [1.54, 1.807) is 6.20 Å². The highest BCUT2D eigenvalue weighted by Crippen LogP contribution is 2.75. The van der Waals surface area contributed by atoms with E-state index in [0.29, 0.717) is 33.6 Å². The van der Waals surface area contributed by atoms with E-state index in [1.807, 2.05) is 12.1 Å². The third-order valence-corrected chi connectivity index (χ3v) is 13.5. The van der Waals surface area contributed by atoms with Crippen LogP contribution in [0, 0.1) is 56.7 Å². The number of aromatic nitrogens is 1. The lowest BCUT2D eigenvalue weighted by Gasteiger charge is -2.73. The van der Waals surface area contributed by atoms with Crippen LogP contribution in [0.3, 0.4) is 0 Å². The molecule has 1 aliphatic heterocycles. The van der Waals surface area contributed by atoms with Gasteiger partial charge in [-0.15, -0.1) is 0 Å². The van der Waals surface area contributed by atoms with Gasteiger partial charge in [-0.25, -0.2) is 4.98 Å². The monoisotopic (exact) mass is 487 g/mol. The predicted molar refractivity (Wildman–Crippen MR) is 143 cm³/mol. The van der Waals surface area contributed by atoms with Crippen molar-refractivity contribution in [2.75, 3.05) is 11.4 Å². The van der Waals surface area contributed by atoms with Gasteiger partial charge in [0.1, 0.15) is 18.2 Å². The van der Waals surface area contributed by atoms with Crippen molar-refractivity contribution in [2.45, 2.75) is 104 Å². The Morgan fingerprint density at radius 2 is 1.72 bits per heavy atom. The van der Waals surface area contributed by atoms with Crippen LogP contribution in [0.1, 0.15) is 104 Å². The van der Waals surface area contributed by atoms with Gasteiger partial charge in [0, 0.05) is 23.7 Å². The molecule has 0 radical (unpaired) electrons. The maximum Gasteiger partial charge on any atom is 0.129 e. The summed E-state index contributed by atoms with van der Waals surface area (Å²) in [4.78, 5) is 19.6. The van der Waals surface area contributed by atoms with Crippen LogP contribution in [0.15, 0.2) is 18.3 Å². The number of carbonyl (C=O) groups is 1. The summed E-state index contributed by atoms with van der Waals surface area (Å²) in [7, 11) is 0. The highest BCUT2D eigenvalue weighted by atomic mass is 16.1. The third kappa shape index (κ3) is 2.92. The van der Waals surface area contributed by atoms with E-state index in [0.717, 1.165) is 37.0 Å². The number of aldehydes is 1. The summed E-state index contributed by atoms with van der Waals surface area (Å²) in [5.41, 5.74) is 1.67. The fourth-order valence-electron chi connectivity index (χ4n) is 11.5. The second-order valence-corrected chi connectivity index (χ2v) is 14.6. The van der Waals surface area contributed by atoms with Crippen molar-refractivity contribution in [3.8, 4) is 6.07 Å². The zero-order chi connectivity index (χ0) is 25.6. The van der Waals surface area contributed by atoms with Crippen molar-refractivity contribution in [2.24, 2.45) is 45.3 Å². The van der Waals surface area contributed by atoms with Gasteiger partial charge in [-0.2, -0.15) is 5.26 Å². The number of hydrogen-bond acceptors (Lipinski definition) is 4. The first-order valence-electron chi connectivity index (χ1n) is 14.7. The van der Waals surface area contributed by atoms with Crippen molar-refractivity contribution in [1.29, 1.82) is 5.26 Å². The Balaban J connectivity index is 1.33. The number of fused-ring (bicyclic) bond motifs is 7. The molecule has 8 atom stereocenters. The fourth-order valence-corrected chi connectivity index (χ4v) is 11.5. The summed E-state index contributed by atoms with van der Waals surface area (Å²) in [6, 6.07) is 6.17. The summed E-state index contributed by atoms with van der Waals surface area (Å²) in [6.07, 6.45) is 15.6. The Labute approximate surface area is 218 Å². The largest absolute Gasteiger partial charge is 0.351 e. The number of pyridine rings is 1. The predicted octanol–water partition coefficient (Wildman–Crippen LogP) is 7.18. The van der Waals surface area contributed by atoms with Crippen LogP contribution >= 0.6 is 0 Å². The van der Waals surface area contributed by atoms with Gasteiger partial charge in [0.2, 0.25) is 0 Å². The van der Waals surface area contributed by atoms with Gasteiger partial charge < -0.3 is 9.69 Å². The van der Waals surface area contributed by atoms with Crippen molar-refractivity contribution < 1.29 is 4.79 Å². The van der Waals surface area contributed by atoms with Crippen LogP contribution in [-0.2, 0) is 4.79 Å². The van der Waals surface area contributed by atoms with Crippen molar-refractivity contribution in [3.63, 3.8) is 0 Å². The van der Waals surface area contributed by atoms with Crippen molar-refractivity contribution >= 4 is 12.1 Å². The second kappa shape index (κ2) is 7.81. The Bertz CT molecular complexity index is 1090. The summed E-state index contributed by atoms with van der Waals surface area (Å²) in [6.45, 7) is 13.9. The lowest BCUT2D eigenvalue weighted by Crippen LogP contribution is -2.69. The molecule has 7 unspecified atom stereocenters.